The lowest BCUT2D eigenvalue weighted by Crippen LogP contribution is -2.61. The zero-order valence-electron chi connectivity index (χ0n) is 8.78. The molecule has 1 saturated heterocycles. The smallest absolute Gasteiger partial charge is 0.335 e. The Morgan fingerprint density at radius 2 is 1.39 bits per heavy atom. The van der Waals surface area contributed by atoms with Gasteiger partial charge in [-0.1, -0.05) is 0 Å². The van der Waals surface area contributed by atoms with Crippen molar-refractivity contribution in [1.82, 2.24) is 10.2 Å². The molecule has 1 aliphatic rings. The highest BCUT2D eigenvalue weighted by Crippen LogP contribution is 2.47. The van der Waals surface area contributed by atoms with Crippen LogP contribution in [0.5, 0.6) is 0 Å². The fourth-order valence-corrected chi connectivity index (χ4v) is 1.32. The van der Waals surface area contributed by atoms with E-state index in [1.54, 1.807) is 0 Å². The first-order valence-corrected chi connectivity index (χ1v) is 4.77. The summed E-state index contributed by atoms with van der Waals surface area (Å²) in [5.74, 6) is -14.7. The Hall–Kier alpha value is -1.06. The van der Waals surface area contributed by atoms with E-state index in [1.807, 2.05) is 0 Å². The van der Waals surface area contributed by atoms with E-state index in [2.05, 4.69) is 5.32 Å². The Labute approximate surface area is 96.9 Å². The number of hydrogen-bond donors (Lipinski definition) is 0. The molecule has 0 aromatic rings. The molecule has 0 aromatic heterocycles. The molecule has 0 aliphatic carbocycles. The number of amides is 1. The van der Waals surface area contributed by atoms with Crippen LogP contribution in [0.15, 0.2) is 0 Å². The molecule has 1 amide bonds. The minimum absolute atomic E-state index is 0.0700. The molecule has 1 heterocycles. The molecule has 0 saturated carbocycles. The molecule has 3 nitrogen and oxygen atoms in total. The van der Waals surface area contributed by atoms with Crippen molar-refractivity contribution in [3.05, 3.63) is 0 Å². The van der Waals surface area contributed by atoms with Crippen LogP contribution in [0.4, 0.5) is 30.7 Å². The third-order valence-corrected chi connectivity index (χ3v) is 2.36. The predicted octanol–water partition coefficient (Wildman–Crippen LogP) is 1.27. The zero-order chi connectivity index (χ0) is 14.2. The summed E-state index contributed by atoms with van der Waals surface area (Å²) in [6, 6.07) is 0. The van der Waals surface area contributed by atoms with Gasteiger partial charge in [0.15, 0.2) is 0 Å². The molecule has 0 bridgehead atoms. The van der Waals surface area contributed by atoms with Gasteiger partial charge in [-0.3, -0.25) is 4.79 Å². The highest BCUT2D eigenvalue weighted by Gasteiger charge is 2.76. The Morgan fingerprint density at radius 1 is 0.944 bits per heavy atom. The number of carbonyl (C=O) groups excluding carboxylic acids is 1. The molecule has 10 heteroatoms. The highest BCUT2D eigenvalue weighted by molar-refractivity contribution is 5.85. The second-order valence-electron chi connectivity index (χ2n) is 3.61. The van der Waals surface area contributed by atoms with Crippen molar-refractivity contribution in [3.63, 3.8) is 0 Å². The average Bonchev–Trinajstić information content (AvgIpc) is 2.27. The summed E-state index contributed by atoms with van der Waals surface area (Å²) in [7, 11) is 0. The van der Waals surface area contributed by atoms with Gasteiger partial charge in [-0.2, -0.15) is 30.7 Å². The predicted molar refractivity (Wildman–Crippen MR) is 44.4 cm³/mol. The van der Waals surface area contributed by atoms with Gasteiger partial charge in [0.1, 0.15) is 0 Å². The molecule has 0 unspecified atom stereocenters. The van der Waals surface area contributed by atoms with Crippen LogP contribution in [-0.4, -0.2) is 55.0 Å². The van der Waals surface area contributed by atoms with Crippen LogP contribution in [0.2, 0.25) is 0 Å². The van der Waals surface area contributed by atoms with E-state index in [9.17, 15) is 35.5 Å². The molecule has 1 aliphatic heterocycles. The second-order valence-corrected chi connectivity index (χ2v) is 3.61. The standard InChI is InChI=1S/C8H8F7N2O/c9-6(10,7(11,12)8(13,14)15)5(18)17-3-1-16-2-4-17/h1-4H2. The molecule has 0 N–H and O–H groups in total. The zero-order valence-corrected chi connectivity index (χ0v) is 8.78. The maximum absolute atomic E-state index is 13.0. The third kappa shape index (κ3) is 2.38. The average molecular weight is 281 g/mol. The molecule has 0 aromatic carbocycles. The van der Waals surface area contributed by atoms with E-state index < -0.39 is 37.0 Å². The van der Waals surface area contributed by atoms with Gasteiger partial charge in [0.2, 0.25) is 0 Å². The third-order valence-electron chi connectivity index (χ3n) is 2.36. The van der Waals surface area contributed by atoms with Crippen molar-refractivity contribution >= 4 is 5.91 Å². The van der Waals surface area contributed by atoms with Crippen LogP contribution in [-0.2, 0) is 4.79 Å². The summed E-state index contributed by atoms with van der Waals surface area (Å²) in [4.78, 5) is 11.3. The minimum atomic E-state index is -6.49. The summed E-state index contributed by atoms with van der Waals surface area (Å²) >= 11 is 0. The number of halogens is 7. The van der Waals surface area contributed by atoms with Crippen molar-refractivity contribution in [2.75, 3.05) is 26.2 Å². The van der Waals surface area contributed by atoms with Gasteiger partial charge < -0.3 is 4.90 Å². The molecule has 1 radical (unpaired) electrons. The molecule has 1 rings (SSSR count). The van der Waals surface area contributed by atoms with Crippen molar-refractivity contribution in [2.45, 2.75) is 18.0 Å². The molecule has 1 fully saturated rings. The van der Waals surface area contributed by atoms with Crippen molar-refractivity contribution in [3.8, 4) is 0 Å². The number of rotatable bonds is 2. The number of hydrogen-bond acceptors (Lipinski definition) is 1. The van der Waals surface area contributed by atoms with Crippen molar-refractivity contribution < 1.29 is 35.5 Å². The largest absolute Gasteiger partial charge is 0.460 e. The topological polar surface area (TPSA) is 34.4 Å². The molecular weight excluding hydrogens is 273 g/mol. The first-order chi connectivity index (χ1) is 8.02. The fraction of sp³-hybridized carbons (Fsp3) is 0.875. The lowest BCUT2D eigenvalue weighted by atomic mass is 10.1. The summed E-state index contributed by atoms with van der Waals surface area (Å²) < 4.78 is 86.6. The summed E-state index contributed by atoms with van der Waals surface area (Å²) in [6.45, 7) is -0.941. The minimum Gasteiger partial charge on any atom is -0.335 e. The van der Waals surface area contributed by atoms with Crippen LogP contribution in [0.25, 0.3) is 0 Å². The lowest BCUT2D eigenvalue weighted by molar-refractivity contribution is -0.346. The van der Waals surface area contributed by atoms with Crippen molar-refractivity contribution in [1.29, 1.82) is 0 Å². The monoisotopic (exact) mass is 281 g/mol. The SMILES string of the molecule is O=C(N1CC[N]CC1)C(F)(F)C(F)(F)C(F)(F)F. The van der Waals surface area contributed by atoms with Gasteiger partial charge in [-0.15, -0.1) is 0 Å². The van der Waals surface area contributed by atoms with E-state index in [1.165, 1.54) is 0 Å². The van der Waals surface area contributed by atoms with Gasteiger partial charge in [-0.25, -0.2) is 5.32 Å². The highest BCUT2D eigenvalue weighted by atomic mass is 19.4. The molecule has 18 heavy (non-hydrogen) atoms. The quantitative estimate of drug-likeness (QED) is 0.702. The van der Waals surface area contributed by atoms with Gasteiger partial charge in [0.05, 0.1) is 0 Å². The maximum Gasteiger partial charge on any atom is 0.460 e. The Morgan fingerprint density at radius 3 is 1.78 bits per heavy atom. The summed E-state index contributed by atoms with van der Waals surface area (Å²) in [5.41, 5.74) is 0. The van der Waals surface area contributed by atoms with Crippen molar-refractivity contribution in [2.24, 2.45) is 0 Å². The summed E-state index contributed by atoms with van der Waals surface area (Å²) in [5, 5.41) is 3.65. The van der Waals surface area contributed by atoms with Crippen LogP contribution < -0.4 is 5.32 Å². The first kappa shape index (κ1) is 15.0. The normalized spacial score (nSPS) is 18.9. The van der Waals surface area contributed by atoms with Gasteiger partial charge in [0.25, 0.3) is 5.91 Å². The maximum atomic E-state index is 13.0. The van der Waals surface area contributed by atoms with Crippen LogP contribution in [0, 0.1) is 0 Å². The van der Waals surface area contributed by atoms with Gasteiger partial charge in [0, 0.05) is 26.2 Å². The Bertz CT molecular complexity index is 322. The van der Waals surface area contributed by atoms with Crippen LogP contribution in [0.1, 0.15) is 0 Å². The van der Waals surface area contributed by atoms with E-state index in [0.717, 1.165) is 0 Å². The Balaban J connectivity index is 2.94. The number of piperazine rings is 1. The van der Waals surface area contributed by atoms with Gasteiger partial charge >= 0.3 is 18.0 Å². The van der Waals surface area contributed by atoms with Gasteiger partial charge in [-0.05, 0) is 0 Å². The van der Waals surface area contributed by atoms with Crippen LogP contribution in [0.3, 0.4) is 0 Å². The van der Waals surface area contributed by atoms with E-state index >= 15 is 0 Å². The van der Waals surface area contributed by atoms with E-state index in [4.69, 9.17) is 0 Å². The van der Waals surface area contributed by atoms with E-state index in [-0.39, 0.29) is 18.0 Å². The lowest BCUT2D eigenvalue weighted by Gasteiger charge is -2.33. The molecule has 0 atom stereocenters. The molecule has 0 spiro atoms. The molecular formula is C8H8F7N2O. The molecule has 105 valence electrons. The van der Waals surface area contributed by atoms with Crippen LogP contribution >= 0.6 is 0 Å². The number of nitrogens with zero attached hydrogens (tertiary/aromatic N) is 2. The number of alkyl halides is 7. The van der Waals surface area contributed by atoms with E-state index in [0.29, 0.717) is 0 Å². The summed E-state index contributed by atoms with van der Waals surface area (Å²) in [6.07, 6.45) is -6.49. The fourth-order valence-electron chi connectivity index (χ4n) is 1.32. The number of carbonyl (C=O) groups is 1. The second kappa shape index (κ2) is 4.56. The Kier molecular flexibility index (Phi) is 3.80. The first-order valence-electron chi connectivity index (χ1n) is 4.77.